The molecule has 84 valence electrons. The van der Waals surface area contributed by atoms with E-state index in [0.29, 0.717) is 11.3 Å². The maximum absolute atomic E-state index is 13.7. The van der Waals surface area contributed by atoms with Gasteiger partial charge in [-0.05, 0) is 35.7 Å². The molecule has 1 aromatic heterocycles. The number of aryl methyl sites for hydroxylation is 1. The Kier molecular flexibility index (Phi) is 3.25. The van der Waals surface area contributed by atoms with Gasteiger partial charge in [-0.2, -0.15) is 4.98 Å². The topological polar surface area (TPSA) is 26.0 Å². The second-order valence-corrected chi connectivity index (χ2v) is 3.87. The molecule has 0 spiro atoms. The Morgan fingerprint density at radius 2 is 2.25 bits per heavy atom. The number of rotatable bonds is 3. The highest BCUT2D eigenvalue weighted by Crippen LogP contribution is 2.24. The Morgan fingerprint density at radius 3 is 2.81 bits per heavy atom. The molecule has 0 aliphatic heterocycles. The van der Waals surface area contributed by atoms with Crippen LogP contribution in [-0.2, 0) is 6.42 Å². The molecular weight excluding hydrogens is 229 g/mol. The highest BCUT2D eigenvalue weighted by atomic mass is 35.5. The fourth-order valence-electron chi connectivity index (χ4n) is 1.59. The molecule has 1 heterocycles. The number of hydrogen-bond donors (Lipinski definition) is 0. The molecule has 0 N–H and O–H groups in total. The van der Waals surface area contributed by atoms with Gasteiger partial charge in [0.15, 0.2) is 0 Å². The van der Waals surface area contributed by atoms with Gasteiger partial charge in [0.05, 0.1) is 0 Å². The maximum Gasteiger partial charge on any atom is 0.292 e. The molecule has 16 heavy (non-hydrogen) atoms. The van der Waals surface area contributed by atoms with Crippen molar-refractivity contribution in [1.29, 1.82) is 0 Å². The number of oxazole rings is 1. The summed E-state index contributed by atoms with van der Waals surface area (Å²) in [4.78, 5) is 3.88. The minimum Gasteiger partial charge on any atom is -0.436 e. The van der Waals surface area contributed by atoms with Crippen molar-refractivity contribution in [2.24, 2.45) is 0 Å². The third kappa shape index (κ3) is 2.25. The predicted molar refractivity (Wildman–Crippen MR) is 60.9 cm³/mol. The maximum atomic E-state index is 13.7. The summed E-state index contributed by atoms with van der Waals surface area (Å²) in [6, 6.07) is 5.13. The molecule has 2 rings (SSSR count). The van der Waals surface area contributed by atoms with Crippen molar-refractivity contribution in [2.45, 2.75) is 19.8 Å². The van der Waals surface area contributed by atoms with Gasteiger partial charge in [0.1, 0.15) is 17.8 Å². The van der Waals surface area contributed by atoms with Crippen molar-refractivity contribution in [2.75, 3.05) is 0 Å². The van der Waals surface area contributed by atoms with E-state index in [-0.39, 0.29) is 11.2 Å². The first-order valence-corrected chi connectivity index (χ1v) is 5.48. The molecule has 0 aliphatic carbocycles. The van der Waals surface area contributed by atoms with Crippen molar-refractivity contribution in [3.05, 3.63) is 41.2 Å². The fraction of sp³-hybridized carbons (Fsp3) is 0.250. The molecule has 0 bridgehead atoms. The van der Waals surface area contributed by atoms with E-state index in [1.165, 1.54) is 12.3 Å². The first kappa shape index (κ1) is 11.1. The lowest BCUT2D eigenvalue weighted by molar-refractivity contribution is 0.560. The highest BCUT2D eigenvalue weighted by molar-refractivity contribution is 6.27. The third-order valence-corrected chi connectivity index (χ3v) is 2.50. The Bertz CT molecular complexity index is 496. The van der Waals surface area contributed by atoms with E-state index in [9.17, 15) is 4.39 Å². The molecule has 0 unspecified atom stereocenters. The lowest BCUT2D eigenvalue weighted by Crippen LogP contribution is -1.89. The molecule has 1 aromatic carbocycles. The van der Waals surface area contributed by atoms with E-state index >= 15 is 0 Å². The van der Waals surface area contributed by atoms with E-state index in [1.54, 1.807) is 6.07 Å². The van der Waals surface area contributed by atoms with Gasteiger partial charge >= 0.3 is 0 Å². The van der Waals surface area contributed by atoms with E-state index in [1.807, 2.05) is 6.07 Å². The van der Waals surface area contributed by atoms with Crippen LogP contribution in [0, 0.1) is 5.82 Å². The zero-order chi connectivity index (χ0) is 11.5. The first-order chi connectivity index (χ1) is 7.70. The van der Waals surface area contributed by atoms with Gasteiger partial charge in [0, 0.05) is 5.56 Å². The van der Waals surface area contributed by atoms with Crippen LogP contribution in [0.1, 0.15) is 18.9 Å². The molecule has 4 heteroatoms. The van der Waals surface area contributed by atoms with Crippen LogP contribution < -0.4 is 0 Å². The highest BCUT2D eigenvalue weighted by Gasteiger charge is 2.10. The molecule has 0 saturated carbocycles. The second-order valence-electron chi connectivity index (χ2n) is 3.55. The van der Waals surface area contributed by atoms with Gasteiger partial charge in [0.25, 0.3) is 5.35 Å². The van der Waals surface area contributed by atoms with Crippen LogP contribution in [0.15, 0.2) is 28.9 Å². The largest absolute Gasteiger partial charge is 0.436 e. The Hall–Kier alpha value is -1.35. The summed E-state index contributed by atoms with van der Waals surface area (Å²) in [7, 11) is 0. The van der Waals surface area contributed by atoms with Gasteiger partial charge < -0.3 is 4.42 Å². The zero-order valence-electron chi connectivity index (χ0n) is 8.84. The van der Waals surface area contributed by atoms with Crippen LogP contribution >= 0.6 is 11.6 Å². The van der Waals surface area contributed by atoms with E-state index in [4.69, 9.17) is 16.0 Å². The molecular formula is C12H11ClFNO. The SMILES string of the molecule is CCCc1ccc(-c2coc(Cl)n2)c(F)c1. The number of nitrogens with zero attached hydrogens (tertiary/aromatic N) is 1. The third-order valence-electron chi connectivity index (χ3n) is 2.32. The van der Waals surface area contributed by atoms with Crippen LogP contribution in [0.25, 0.3) is 11.3 Å². The Labute approximate surface area is 98.1 Å². The molecule has 2 nitrogen and oxygen atoms in total. The monoisotopic (exact) mass is 239 g/mol. The first-order valence-electron chi connectivity index (χ1n) is 5.10. The molecule has 0 fully saturated rings. The molecule has 2 aromatic rings. The van der Waals surface area contributed by atoms with E-state index in [2.05, 4.69) is 11.9 Å². The minimum absolute atomic E-state index is 0.0204. The molecule has 0 saturated heterocycles. The normalized spacial score (nSPS) is 10.7. The van der Waals surface area contributed by atoms with Crippen molar-refractivity contribution < 1.29 is 8.81 Å². The van der Waals surface area contributed by atoms with Crippen LogP contribution in [0.2, 0.25) is 5.35 Å². The van der Waals surface area contributed by atoms with Crippen LogP contribution in [-0.4, -0.2) is 4.98 Å². The average molecular weight is 240 g/mol. The second kappa shape index (κ2) is 4.66. The van der Waals surface area contributed by atoms with Gasteiger partial charge in [-0.15, -0.1) is 0 Å². The predicted octanol–water partition coefficient (Wildman–Crippen LogP) is 4.09. The summed E-state index contributed by atoms with van der Waals surface area (Å²) >= 11 is 5.54. The summed E-state index contributed by atoms with van der Waals surface area (Å²) in [5.41, 5.74) is 1.82. The van der Waals surface area contributed by atoms with E-state index < -0.39 is 0 Å². The standard InChI is InChI=1S/C12H11ClFNO/c1-2-3-8-4-5-9(10(14)6-8)11-7-16-12(13)15-11/h4-7H,2-3H2,1H3. The molecule has 0 atom stereocenters. The number of benzene rings is 1. The fourth-order valence-corrected chi connectivity index (χ4v) is 1.72. The summed E-state index contributed by atoms with van der Waals surface area (Å²) in [6.07, 6.45) is 3.21. The lowest BCUT2D eigenvalue weighted by atomic mass is 10.1. The summed E-state index contributed by atoms with van der Waals surface area (Å²) in [6.45, 7) is 2.06. The average Bonchev–Trinajstić information content (AvgIpc) is 2.65. The van der Waals surface area contributed by atoms with Gasteiger partial charge in [0.2, 0.25) is 0 Å². The quantitative estimate of drug-likeness (QED) is 0.806. The number of aromatic nitrogens is 1. The zero-order valence-corrected chi connectivity index (χ0v) is 9.59. The van der Waals surface area contributed by atoms with Gasteiger partial charge in [-0.1, -0.05) is 19.4 Å². The summed E-state index contributed by atoms with van der Waals surface area (Å²) < 4.78 is 18.6. The lowest BCUT2D eigenvalue weighted by Gasteiger charge is -2.02. The molecule has 0 aliphatic rings. The van der Waals surface area contributed by atoms with Crippen LogP contribution in [0.5, 0.6) is 0 Å². The number of halogens is 2. The molecule has 0 radical (unpaired) electrons. The van der Waals surface area contributed by atoms with Crippen LogP contribution in [0.3, 0.4) is 0 Å². The summed E-state index contributed by atoms with van der Waals surface area (Å²) in [5, 5.41) is 0.0204. The smallest absolute Gasteiger partial charge is 0.292 e. The molecule has 0 amide bonds. The van der Waals surface area contributed by atoms with Crippen molar-refractivity contribution in [1.82, 2.24) is 4.98 Å². The minimum atomic E-state index is -0.295. The van der Waals surface area contributed by atoms with Gasteiger partial charge in [-0.25, -0.2) is 4.39 Å². The van der Waals surface area contributed by atoms with Crippen LogP contribution in [0.4, 0.5) is 4.39 Å². The summed E-state index contributed by atoms with van der Waals surface area (Å²) in [5.74, 6) is -0.295. The van der Waals surface area contributed by atoms with Crippen molar-refractivity contribution in [3.63, 3.8) is 0 Å². The van der Waals surface area contributed by atoms with Gasteiger partial charge in [-0.3, -0.25) is 0 Å². The van der Waals surface area contributed by atoms with Crippen molar-refractivity contribution in [3.8, 4) is 11.3 Å². The number of hydrogen-bond acceptors (Lipinski definition) is 2. The van der Waals surface area contributed by atoms with Crippen molar-refractivity contribution >= 4 is 11.6 Å². The Balaban J connectivity index is 2.36. The van der Waals surface area contributed by atoms with E-state index in [0.717, 1.165) is 18.4 Å². The Morgan fingerprint density at radius 1 is 1.44 bits per heavy atom.